The number of rotatable bonds is 9. The second kappa shape index (κ2) is 10.6. The molecule has 4 fully saturated rings. The summed E-state index contributed by atoms with van der Waals surface area (Å²) in [6.45, 7) is 10.9. The molecule has 41 heavy (non-hydrogen) atoms. The zero-order chi connectivity index (χ0) is 29.2. The lowest BCUT2D eigenvalue weighted by Gasteiger charge is -2.58. The Morgan fingerprint density at radius 2 is 1.93 bits per heavy atom. The minimum Gasteiger partial charge on any atom is -0.480 e. The third-order valence-corrected chi connectivity index (χ3v) is 11.7. The van der Waals surface area contributed by atoms with E-state index in [9.17, 15) is 14.7 Å². The lowest BCUT2D eigenvalue weighted by atomic mass is 9.45. The maximum Gasteiger partial charge on any atom is 0.317 e. The molecule has 0 aromatic heterocycles. The van der Waals surface area contributed by atoms with Crippen molar-refractivity contribution < 1.29 is 28.9 Å². The third-order valence-electron chi connectivity index (χ3n) is 11.7. The molecule has 5 aliphatic rings. The first kappa shape index (κ1) is 29.0. The number of hydrogen-bond donors (Lipinski definition) is 1. The summed E-state index contributed by atoms with van der Waals surface area (Å²) in [5, 5.41) is 11.2. The standard InChI is InChI=1S/C34H47NO6/c1-21(2)29-13-25-14-32(20-36)28-12-11-22(3)27(28)15-33(25,34(29,32)31(37)38)40-19-26-17-35(16-24-9-7-6-8-10-24)18-30(39-5)23(4)41-26/h6-10,13,20-23,25-28,30H,11-12,14-19H2,1-5H3,(H,37,38)/t22-,23-,25+,26-,27-,28-,30+,32+,33+,34+/m1/s1. The maximum absolute atomic E-state index is 13.7. The van der Waals surface area contributed by atoms with Crippen LogP contribution in [-0.2, 0) is 30.3 Å². The number of carbonyl (C=O) groups is 2. The summed E-state index contributed by atoms with van der Waals surface area (Å²) < 4.78 is 19.5. The summed E-state index contributed by atoms with van der Waals surface area (Å²) in [4.78, 5) is 29.4. The molecule has 1 aliphatic heterocycles. The molecular formula is C34H47NO6. The summed E-state index contributed by atoms with van der Waals surface area (Å²) in [6, 6.07) is 10.4. The van der Waals surface area contributed by atoms with E-state index < -0.39 is 22.4 Å². The van der Waals surface area contributed by atoms with Crippen LogP contribution in [0.4, 0.5) is 0 Å². The predicted molar refractivity (Wildman–Crippen MR) is 155 cm³/mol. The van der Waals surface area contributed by atoms with Crippen LogP contribution in [0.2, 0.25) is 0 Å². The predicted octanol–water partition coefficient (Wildman–Crippen LogP) is 4.98. The molecule has 4 bridgehead atoms. The number of benzene rings is 1. The molecule has 0 radical (unpaired) electrons. The SMILES string of the molecule is CO[C@H]1CN(Cc2ccccc2)C[C@H](CO[C@@]23C[C@@H]4[C@H](C)CC[C@H]4[C@@]4(C=O)C[C@@H]2C=C(C(C)C)[C@@]34C(=O)O)O[C@@H]1C. The molecule has 0 unspecified atom stereocenters. The Balaban J connectivity index is 1.34. The summed E-state index contributed by atoms with van der Waals surface area (Å²) >= 11 is 0. The van der Waals surface area contributed by atoms with Crippen LogP contribution in [0.25, 0.3) is 0 Å². The molecule has 4 aliphatic carbocycles. The minimum absolute atomic E-state index is 0.0204. The number of fused-ring (bicyclic) bond motifs is 2. The second-order valence-electron chi connectivity index (χ2n) is 13.9. The van der Waals surface area contributed by atoms with Crippen LogP contribution in [0.5, 0.6) is 0 Å². The Bertz CT molecular complexity index is 1180. The van der Waals surface area contributed by atoms with Crippen LogP contribution in [0.15, 0.2) is 42.0 Å². The molecule has 1 aromatic carbocycles. The van der Waals surface area contributed by atoms with E-state index in [4.69, 9.17) is 14.2 Å². The van der Waals surface area contributed by atoms with Crippen molar-refractivity contribution in [2.45, 2.75) is 83.8 Å². The highest BCUT2D eigenvalue weighted by Gasteiger charge is 2.85. The molecule has 1 heterocycles. The van der Waals surface area contributed by atoms with Crippen LogP contribution in [-0.4, -0.2) is 73.0 Å². The quantitative estimate of drug-likeness (QED) is 0.334. The lowest BCUT2D eigenvalue weighted by Crippen LogP contribution is -2.66. The average Bonchev–Trinajstić information content (AvgIpc) is 3.47. The Morgan fingerprint density at radius 1 is 1.17 bits per heavy atom. The zero-order valence-electron chi connectivity index (χ0n) is 25.3. The van der Waals surface area contributed by atoms with E-state index in [1.165, 1.54) is 5.56 Å². The van der Waals surface area contributed by atoms with E-state index in [0.717, 1.165) is 37.8 Å². The minimum atomic E-state index is -1.33. The number of carboxylic acids is 1. The molecule has 1 saturated heterocycles. The number of methoxy groups -OCH3 is 1. The van der Waals surface area contributed by atoms with Crippen molar-refractivity contribution in [2.24, 2.45) is 40.4 Å². The van der Waals surface area contributed by atoms with E-state index >= 15 is 0 Å². The summed E-state index contributed by atoms with van der Waals surface area (Å²) in [7, 11) is 1.73. The van der Waals surface area contributed by atoms with Gasteiger partial charge in [0.05, 0.1) is 35.9 Å². The fourth-order valence-corrected chi connectivity index (χ4v) is 10.1. The Kier molecular flexibility index (Phi) is 7.49. The number of carboxylic acid groups (broad SMARTS) is 1. The van der Waals surface area contributed by atoms with Gasteiger partial charge < -0.3 is 24.1 Å². The monoisotopic (exact) mass is 565 g/mol. The van der Waals surface area contributed by atoms with Crippen LogP contribution in [0.3, 0.4) is 0 Å². The summed E-state index contributed by atoms with van der Waals surface area (Å²) in [6.07, 6.45) is 5.99. The molecule has 10 atom stereocenters. The molecule has 1 N–H and O–H groups in total. The van der Waals surface area contributed by atoms with Gasteiger partial charge in [0.25, 0.3) is 0 Å². The van der Waals surface area contributed by atoms with Crippen molar-refractivity contribution >= 4 is 12.3 Å². The maximum atomic E-state index is 13.7. The fourth-order valence-electron chi connectivity index (χ4n) is 10.1. The molecule has 1 aromatic rings. The first-order chi connectivity index (χ1) is 19.6. The number of aldehydes is 1. The third kappa shape index (κ3) is 4.05. The smallest absolute Gasteiger partial charge is 0.317 e. The highest BCUT2D eigenvalue weighted by molar-refractivity contribution is 5.91. The molecule has 7 nitrogen and oxygen atoms in total. The van der Waals surface area contributed by atoms with Crippen LogP contribution in [0.1, 0.15) is 58.9 Å². The second-order valence-corrected chi connectivity index (χ2v) is 13.9. The Morgan fingerprint density at radius 3 is 2.59 bits per heavy atom. The number of hydrogen-bond acceptors (Lipinski definition) is 6. The summed E-state index contributed by atoms with van der Waals surface area (Å²) in [5.74, 6) is -0.122. The summed E-state index contributed by atoms with van der Waals surface area (Å²) in [5.41, 5.74) is -1.08. The molecule has 0 amide bonds. The average molecular weight is 566 g/mol. The Labute approximate surface area is 244 Å². The van der Waals surface area contributed by atoms with E-state index in [0.29, 0.717) is 31.2 Å². The van der Waals surface area contributed by atoms with Gasteiger partial charge in [-0.25, -0.2) is 0 Å². The van der Waals surface area contributed by atoms with Gasteiger partial charge in [0.1, 0.15) is 11.7 Å². The van der Waals surface area contributed by atoms with Crippen molar-refractivity contribution in [1.29, 1.82) is 0 Å². The number of ether oxygens (including phenoxy) is 3. The van der Waals surface area contributed by atoms with Crippen molar-refractivity contribution in [1.82, 2.24) is 4.90 Å². The first-order valence-corrected chi connectivity index (χ1v) is 15.6. The molecule has 6 rings (SSSR count). The van der Waals surface area contributed by atoms with Crippen LogP contribution < -0.4 is 0 Å². The van der Waals surface area contributed by atoms with E-state index in [1.807, 2.05) is 13.0 Å². The molecule has 0 spiro atoms. The van der Waals surface area contributed by atoms with Crippen molar-refractivity contribution in [2.75, 3.05) is 26.8 Å². The van der Waals surface area contributed by atoms with Crippen molar-refractivity contribution in [3.8, 4) is 0 Å². The van der Waals surface area contributed by atoms with Gasteiger partial charge in [-0.15, -0.1) is 0 Å². The Hall–Kier alpha value is -2.06. The molecule has 3 saturated carbocycles. The molecular weight excluding hydrogens is 518 g/mol. The van der Waals surface area contributed by atoms with Gasteiger partial charge >= 0.3 is 5.97 Å². The van der Waals surface area contributed by atoms with Crippen molar-refractivity contribution in [3.05, 3.63) is 47.5 Å². The normalized spacial score (nSPS) is 43.6. The fraction of sp³-hybridized carbons (Fsp3) is 0.706. The van der Waals surface area contributed by atoms with Gasteiger partial charge in [0.15, 0.2) is 0 Å². The first-order valence-electron chi connectivity index (χ1n) is 15.6. The highest BCUT2D eigenvalue weighted by atomic mass is 16.6. The van der Waals surface area contributed by atoms with E-state index in [1.54, 1.807) is 7.11 Å². The number of carbonyl (C=O) groups excluding carboxylic acids is 1. The van der Waals surface area contributed by atoms with Gasteiger partial charge in [-0.05, 0) is 55.4 Å². The van der Waals surface area contributed by atoms with Crippen molar-refractivity contribution in [3.63, 3.8) is 0 Å². The lowest BCUT2D eigenvalue weighted by molar-refractivity contribution is -0.218. The number of nitrogens with zero attached hydrogens (tertiary/aromatic N) is 1. The van der Waals surface area contributed by atoms with Gasteiger partial charge in [-0.2, -0.15) is 0 Å². The van der Waals surface area contributed by atoms with Gasteiger partial charge in [0, 0.05) is 32.7 Å². The van der Waals surface area contributed by atoms with Crippen LogP contribution in [0, 0.1) is 40.4 Å². The zero-order valence-corrected chi connectivity index (χ0v) is 25.3. The van der Waals surface area contributed by atoms with E-state index in [-0.39, 0.29) is 42.7 Å². The molecule has 224 valence electrons. The number of aliphatic carboxylic acids is 1. The van der Waals surface area contributed by atoms with Gasteiger partial charge in [0.2, 0.25) is 0 Å². The highest BCUT2D eigenvalue weighted by Crippen LogP contribution is 2.80. The van der Waals surface area contributed by atoms with Gasteiger partial charge in [-0.1, -0.05) is 69.2 Å². The topological polar surface area (TPSA) is 85.3 Å². The van der Waals surface area contributed by atoms with Gasteiger partial charge in [-0.3, -0.25) is 9.69 Å². The van der Waals surface area contributed by atoms with E-state index in [2.05, 4.69) is 56.0 Å². The largest absolute Gasteiger partial charge is 0.480 e. The molecule has 7 heteroatoms. The van der Waals surface area contributed by atoms with Crippen LogP contribution >= 0.6 is 0 Å².